The zero-order valence-electron chi connectivity index (χ0n) is 18.0. The summed E-state index contributed by atoms with van der Waals surface area (Å²) in [5, 5.41) is 11.3. The van der Waals surface area contributed by atoms with E-state index in [4.69, 9.17) is 9.73 Å². The number of nitrogens with one attached hydrogen (secondary N) is 2. The van der Waals surface area contributed by atoms with Gasteiger partial charge in [-0.2, -0.15) is 0 Å². The van der Waals surface area contributed by atoms with Gasteiger partial charge in [0.1, 0.15) is 0 Å². The van der Waals surface area contributed by atoms with Crippen molar-refractivity contribution in [1.82, 2.24) is 20.4 Å². The molecular weight excluding hydrogens is 529 g/mol. The van der Waals surface area contributed by atoms with Crippen molar-refractivity contribution in [3.05, 3.63) is 44.8 Å². The van der Waals surface area contributed by atoms with Gasteiger partial charge in [0.2, 0.25) is 0 Å². The molecule has 2 aromatic heterocycles. The van der Waals surface area contributed by atoms with Gasteiger partial charge in [0.05, 0.1) is 31.8 Å². The van der Waals surface area contributed by atoms with Crippen LogP contribution < -0.4 is 10.6 Å². The average Bonchev–Trinajstić information content (AvgIpc) is 3.43. The van der Waals surface area contributed by atoms with Crippen molar-refractivity contribution < 1.29 is 4.74 Å². The highest BCUT2D eigenvalue weighted by Crippen LogP contribution is 2.26. The van der Waals surface area contributed by atoms with E-state index in [-0.39, 0.29) is 24.0 Å². The first-order chi connectivity index (χ1) is 14.2. The Morgan fingerprint density at radius 2 is 1.80 bits per heavy atom. The molecule has 9 heteroatoms. The lowest BCUT2D eigenvalue weighted by Gasteiger charge is -2.33. The first-order valence-electron chi connectivity index (χ1n) is 10.3. The van der Waals surface area contributed by atoms with Gasteiger partial charge in [-0.15, -0.1) is 46.7 Å². The Bertz CT molecular complexity index is 718. The minimum Gasteiger partial charge on any atom is -0.379 e. The molecule has 1 fully saturated rings. The number of halogens is 1. The number of ether oxygens (including phenoxy) is 1. The van der Waals surface area contributed by atoms with Crippen LogP contribution in [0.1, 0.15) is 28.8 Å². The second kappa shape index (κ2) is 13.6. The van der Waals surface area contributed by atoms with E-state index < -0.39 is 0 Å². The number of hydrogen-bond donors (Lipinski definition) is 2. The number of likely N-dealkylation sites (N-methyl/N-ethyl adjacent to an activating group) is 1. The molecule has 1 aliphatic heterocycles. The highest BCUT2D eigenvalue weighted by Gasteiger charge is 2.23. The van der Waals surface area contributed by atoms with E-state index >= 15 is 0 Å². The molecule has 0 amide bonds. The molecule has 1 aliphatic rings. The van der Waals surface area contributed by atoms with Gasteiger partial charge in [0.15, 0.2) is 5.96 Å². The van der Waals surface area contributed by atoms with Gasteiger partial charge in [-0.05, 0) is 43.9 Å². The monoisotopic (exact) mass is 563 g/mol. The Hall–Kier alpha value is -0.720. The van der Waals surface area contributed by atoms with Crippen molar-refractivity contribution in [3.63, 3.8) is 0 Å². The Morgan fingerprint density at radius 3 is 2.37 bits per heavy atom. The zero-order chi connectivity index (χ0) is 20.5. The van der Waals surface area contributed by atoms with E-state index in [9.17, 15) is 0 Å². The first-order valence-corrected chi connectivity index (χ1v) is 12.0. The standard InChI is InChI=1S/C21H33N5OS2.HI/c1-4-22-21(23-15-17(25(2)3)19-7-5-13-28-19)24-16-18(20-8-6-14-29-20)26-9-11-27-12-10-26;/h5-8,13-14,17-18H,4,9-12,15-16H2,1-3H3,(H2,22,23,24);1H. The van der Waals surface area contributed by atoms with Gasteiger partial charge in [0.25, 0.3) is 0 Å². The van der Waals surface area contributed by atoms with Crippen molar-refractivity contribution in [3.8, 4) is 0 Å². The van der Waals surface area contributed by atoms with Crippen LogP contribution in [-0.4, -0.2) is 75.8 Å². The van der Waals surface area contributed by atoms with Crippen molar-refractivity contribution >= 4 is 52.6 Å². The maximum Gasteiger partial charge on any atom is 0.191 e. The molecule has 6 nitrogen and oxygen atoms in total. The van der Waals surface area contributed by atoms with Crippen LogP contribution in [0.15, 0.2) is 40.0 Å². The third kappa shape index (κ3) is 7.45. The van der Waals surface area contributed by atoms with Crippen LogP contribution in [0.3, 0.4) is 0 Å². The summed E-state index contributed by atoms with van der Waals surface area (Å²) >= 11 is 3.61. The van der Waals surface area contributed by atoms with E-state index in [0.29, 0.717) is 12.1 Å². The summed E-state index contributed by atoms with van der Waals surface area (Å²) in [5.41, 5.74) is 0. The van der Waals surface area contributed by atoms with Gasteiger partial charge in [-0.1, -0.05) is 12.1 Å². The minimum absolute atomic E-state index is 0. The first kappa shape index (κ1) is 25.5. The van der Waals surface area contributed by atoms with Crippen molar-refractivity contribution in [2.75, 3.05) is 60.0 Å². The number of rotatable bonds is 9. The molecule has 3 rings (SSSR count). The predicted molar refractivity (Wildman–Crippen MR) is 140 cm³/mol. The lowest BCUT2D eigenvalue weighted by atomic mass is 10.2. The van der Waals surface area contributed by atoms with E-state index in [0.717, 1.165) is 51.9 Å². The second-order valence-corrected chi connectivity index (χ2v) is 9.23. The minimum atomic E-state index is 0. The molecule has 0 spiro atoms. The van der Waals surface area contributed by atoms with Crippen LogP contribution in [0, 0.1) is 0 Å². The highest BCUT2D eigenvalue weighted by atomic mass is 127. The van der Waals surface area contributed by atoms with Gasteiger partial charge < -0.3 is 20.3 Å². The lowest BCUT2D eigenvalue weighted by Crippen LogP contribution is -2.43. The second-order valence-electron chi connectivity index (χ2n) is 7.27. The zero-order valence-corrected chi connectivity index (χ0v) is 22.0. The Kier molecular flexibility index (Phi) is 11.6. The fourth-order valence-electron chi connectivity index (χ4n) is 3.49. The number of nitrogens with zero attached hydrogens (tertiary/aromatic N) is 3. The van der Waals surface area contributed by atoms with Crippen molar-refractivity contribution in [2.45, 2.75) is 19.0 Å². The smallest absolute Gasteiger partial charge is 0.191 e. The van der Waals surface area contributed by atoms with Gasteiger partial charge in [0, 0.05) is 35.9 Å². The Labute approximate surface area is 205 Å². The van der Waals surface area contributed by atoms with Crippen molar-refractivity contribution in [2.24, 2.45) is 4.99 Å². The maximum atomic E-state index is 5.55. The molecule has 2 unspecified atom stereocenters. The van der Waals surface area contributed by atoms with E-state index in [1.165, 1.54) is 9.75 Å². The van der Waals surface area contributed by atoms with E-state index in [1.54, 1.807) is 11.3 Å². The molecule has 2 N–H and O–H groups in total. The number of morpholine rings is 1. The Balaban J connectivity index is 0.00000320. The molecule has 0 bridgehead atoms. The molecule has 0 aromatic carbocycles. The number of guanidine groups is 1. The molecule has 168 valence electrons. The van der Waals surface area contributed by atoms with Crippen molar-refractivity contribution in [1.29, 1.82) is 0 Å². The highest BCUT2D eigenvalue weighted by molar-refractivity contribution is 14.0. The third-order valence-corrected chi connectivity index (χ3v) is 7.03. The van der Waals surface area contributed by atoms with Crippen LogP contribution >= 0.6 is 46.7 Å². The Morgan fingerprint density at radius 1 is 1.13 bits per heavy atom. The molecule has 30 heavy (non-hydrogen) atoms. The summed E-state index contributed by atoms with van der Waals surface area (Å²) in [5.74, 6) is 0.880. The number of hydrogen-bond acceptors (Lipinski definition) is 6. The topological polar surface area (TPSA) is 52.1 Å². The summed E-state index contributed by atoms with van der Waals surface area (Å²) in [4.78, 5) is 12.4. The molecule has 1 saturated heterocycles. The van der Waals surface area contributed by atoms with E-state index in [1.807, 2.05) is 11.3 Å². The van der Waals surface area contributed by atoms with Gasteiger partial charge in [-0.25, -0.2) is 0 Å². The summed E-state index contributed by atoms with van der Waals surface area (Å²) in [6, 6.07) is 9.29. The summed E-state index contributed by atoms with van der Waals surface area (Å²) < 4.78 is 5.55. The fourth-order valence-corrected chi connectivity index (χ4v) is 5.26. The number of thiophene rings is 2. The molecular formula is C21H34IN5OS2. The molecule has 2 atom stereocenters. The molecule has 0 saturated carbocycles. The molecule has 0 radical (unpaired) electrons. The van der Waals surface area contributed by atoms with Crippen LogP contribution in [-0.2, 0) is 4.74 Å². The fraction of sp³-hybridized carbons (Fsp3) is 0.571. The number of aliphatic imine (C=N–C) groups is 1. The lowest BCUT2D eigenvalue weighted by molar-refractivity contribution is 0.0186. The molecule has 3 heterocycles. The van der Waals surface area contributed by atoms with Gasteiger partial charge >= 0.3 is 0 Å². The largest absolute Gasteiger partial charge is 0.379 e. The van der Waals surface area contributed by atoms with Crippen LogP contribution in [0.4, 0.5) is 0 Å². The third-order valence-electron chi connectivity index (χ3n) is 5.08. The van der Waals surface area contributed by atoms with Crippen LogP contribution in [0.2, 0.25) is 0 Å². The van der Waals surface area contributed by atoms with Crippen LogP contribution in [0.5, 0.6) is 0 Å². The summed E-state index contributed by atoms with van der Waals surface area (Å²) in [7, 11) is 4.25. The predicted octanol–water partition coefficient (Wildman–Crippen LogP) is 3.66. The SMILES string of the molecule is CCNC(=NCC(c1cccs1)N1CCOCC1)NCC(c1cccs1)N(C)C.I. The normalized spacial score (nSPS) is 17.4. The summed E-state index contributed by atoms with van der Waals surface area (Å²) in [6.45, 7) is 8.04. The molecule has 2 aromatic rings. The quantitative estimate of drug-likeness (QED) is 0.277. The maximum absolute atomic E-state index is 5.55. The van der Waals surface area contributed by atoms with Gasteiger partial charge in [-0.3, -0.25) is 9.89 Å². The van der Waals surface area contributed by atoms with Crippen LogP contribution in [0.25, 0.3) is 0 Å². The molecule has 0 aliphatic carbocycles. The van der Waals surface area contributed by atoms with E-state index in [2.05, 4.69) is 76.5 Å². The average molecular weight is 564 g/mol. The summed E-state index contributed by atoms with van der Waals surface area (Å²) in [6.07, 6.45) is 0.